The van der Waals surface area contributed by atoms with E-state index >= 15 is 0 Å². The van der Waals surface area contributed by atoms with Crippen molar-refractivity contribution in [3.63, 3.8) is 0 Å². The molecule has 0 radical (unpaired) electrons. The van der Waals surface area contributed by atoms with E-state index in [1.807, 2.05) is 31.2 Å². The third kappa shape index (κ3) is 2.81. The zero-order valence-electron chi connectivity index (χ0n) is 11.3. The minimum Gasteiger partial charge on any atom is -0.476 e. The number of hydrogen-bond donors (Lipinski definition) is 1. The molecule has 0 unspecified atom stereocenters. The molecule has 1 aromatic heterocycles. The number of aromatic nitrogens is 3. The number of hydrogen-bond acceptors (Lipinski definition) is 3. The van der Waals surface area contributed by atoms with Gasteiger partial charge in [-0.3, -0.25) is 0 Å². The van der Waals surface area contributed by atoms with Gasteiger partial charge in [0.15, 0.2) is 5.69 Å². The minimum absolute atomic E-state index is 0.00579. The normalized spacial score (nSPS) is 10.9. The van der Waals surface area contributed by atoms with Crippen molar-refractivity contribution in [1.29, 1.82) is 0 Å². The number of rotatable bonds is 4. The minimum atomic E-state index is -1.05. The first-order valence-corrected chi connectivity index (χ1v) is 6.23. The molecule has 0 saturated heterocycles. The van der Waals surface area contributed by atoms with Crippen molar-refractivity contribution in [3.8, 4) is 11.3 Å². The summed E-state index contributed by atoms with van der Waals surface area (Å²) in [5.41, 5.74) is 2.49. The second-order valence-electron chi connectivity index (χ2n) is 5.04. The SMILES string of the molecule is Cc1cccc(-c2c(C(=O)O)nnn2CC(C)C)c1. The van der Waals surface area contributed by atoms with E-state index in [1.54, 1.807) is 4.68 Å². The summed E-state index contributed by atoms with van der Waals surface area (Å²) in [5, 5.41) is 17.0. The van der Waals surface area contributed by atoms with Crippen LogP contribution in [0.5, 0.6) is 0 Å². The third-order valence-corrected chi connectivity index (χ3v) is 2.77. The molecule has 2 rings (SSSR count). The monoisotopic (exact) mass is 259 g/mol. The topological polar surface area (TPSA) is 68.0 Å². The van der Waals surface area contributed by atoms with Crippen LogP contribution in [0.3, 0.4) is 0 Å². The molecule has 1 aromatic carbocycles. The van der Waals surface area contributed by atoms with Crippen molar-refractivity contribution < 1.29 is 9.90 Å². The van der Waals surface area contributed by atoms with E-state index in [0.29, 0.717) is 18.2 Å². The van der Waals surface area contributed by atoms with Crippen LogP contribution in [-0.2, 0) is 6.54 Å². The maximum absolute atomic E-state index is 11.3. The largest absolute Gasteiger partial charge is 0.476 e. The van der Waals surface area contributed by atoms with Crippen LogP contribution in [0.25, 0.3) is 11.3 Å². The summed E-state index contributed by atoms with van der Waals surface area (Å²) in [6.07, 6.45) is 0. The van der Waals surface area contributed by atoms with E-state index in [1.165, 1.54) is 0 Å². The number of carboxylic acids is 1. The first-order chi connectivity index (χ1) is 8.99. The molecule has 0 aliphatic rings. The van der Waals surface area contributed by atoms with E-state index in [-0.39, 0.29) is 5.69 Å². The van der Waals surface area contributed by atoms with Crippen molar-refractivity contribution in [2.75, 3.05) is 0 Å². The summed E-state index contributed by atoms with van der Waals surface area (Å²) < 4.78 is 1.67. The molecule has 19 heavy (non-hydrogen) atoms. The summed E-state index contributed by atoms with van der Waals surface area (Å²) in [6, 6.07) is 7.71. The molecular weight excluding hydrogens is 242 g/mol. The molecule has 0 aliphatic heterocycles. The predicted octanol–water partition coefficient (Wildman–Crippen LogP) is 2.61. The zero-order valence-corrected chi connectivity index (χ0v) is 11.3. The molecule has 0 saturated carbocycles. The van der Waals surface area contributed by atoms with Crippen LogP contribution in [0.1, 0.15) is 29.9 Å². The lowest BCUT2D eigenvalue weighted by molar-refractivity contribution is 0.0691. The third-order valence-electron chi connectivity index (χ3n) is 2.77. The molecule has 0 aliphatic carbocycles. The van der Waals surface area contributed by atoms with Crippen LogP contribution in [0, 0.1) is 12.8 Å². The highest BCUT2D eigenvalue weighted by Crippen LogP contribution is 2.24. The van der Waals surface area contributed by atoms with Crippen molar-refractivity contribution in [1.82, 2.24) is 15.0 Å². The Hall–Kier alpha value is -2.17. The van der Waals surface area contributed by atoms with Gasteiger partial charge in [0.05, 0.1) is 0 Å². The predicted molar refractivity (Wildman–Crippen MR) is 72.0 cm³/mol. The highest BCUT2D eigenvalue weighted by Gasteiger charge is 2.20. The Morgan fingerprint density at radius 1 is 1.42 bits per heavy atom. The van der Waals surface area contributed by atoms with E-state index in [0.717, 1.165) is 11.1 Å². The first-order valence-electron chi connectivity index (χ1n) is 6.23. The number of aryl methyl sites for hydroxylation is 1. The number of carbonyl (C=O) groups is 1. The molecule has 2 aromatic rings. The molecule has 100 valence electrons. The quantitative estimate of drug-likeness (QED) is 0.916. The van der Waals surface area contributed by atoms with Gasteiger partial charge < -0.3 is 5.11 Å². The van der Waals surface area contributed by atoms with Crippen LogP contribution in [0.15, 0.2) is 24.3 Å². The van der Waals surface area contributed by atoms with Gasteiger partial charge >= 0.3 is 5.97 Å². The van der Waals surface area contributed by atoms with Gasteiger partial charge in [-0.05, 0) is 18.9 Å². The Bertz CT molecular complexity index is 602. The highest BCUT2D eigenvalue weighted by atomic mass is 16.4. The van der Waals surface area contributed by atoms with Gasteiger partial charge in [0.25, 0.3) is 0 Å². The molecule has 5 nitrogen and oxygen atoms in total. The molecular formula is C14H17N3O2. The first kappa shape index (κ1) is 13.3. The van der Waals surface area contributed by atoms with Crippen molar-refractivity contribution in [3.05, 3.63) is 35.5 Å². The van der Waals surface area contributed by atoms with Crippen LogP contribution >= 0.6 is 0 Å². The Morgan fingerprint density at radius 2 is 2.16 bits per heavy atom. The van der Waals surface area contributed by atoms with Gasteiger partial charge in [-0.15, -0.1) is 5.10 Å². The smallest absolute Gasteiger partial charge is 0.358 e. The fourth-order valence-electron chi connectivity index (χ4n) is 2.01. The molecule has 1 heterocycles. The Labute approximate surface area is 111 Å². The van der Waals surface area contributed by atoms with Gasteiger partial charge in [0.2, 0.25) is 0 Å². The zero-order chi connectivity index (χ0) is 14.0. The molecule has 1 N–H and O–H groups in total. The average molecular weight is 259 g/mol. The van der Waals surface area contributed by atoms with Gasteiger partial charge in [0, 0.05) is 12.1 Å². The summed E-state index contributed by atoms with van der Waals surface area (Å²) in [5.74, 6) is -0.682. The van der Waals surface area contributed by atoms with Crippen molar-refractivity contribution >= 4 is 5.97 Å². The van der Waals surface area contributed by atoms with E-state index in [4.69, 9.17) is 0 Å². The van der Waals surface area contributed by atoms with E-state index < -0.39 is 5.97 Å². The lowest BCUT2D eigenvalue weighted by Crippen LogP contribution is -2.09. The lowest BCUT2D eigenvalue weighted by atomic mass is 10.1. The van der Waals surface area contributed by atoms with Crippen LogP contribution in [-0.4, -0.2) is 26.1 Å². The molecule has 0 spiro atoms. The number of carboxylic acid groups (broad SMARTS) is 1. The fraction of sp³-hybridized carbons (Fsp3) is 0.357. The number of benzene rings is 1. The number of nitrogens with zero attached hydrogens (tertiary/aromatic N) is 3. The summed E-state index contributed by atoms with van der Waals surface area (Å²) >= 11 is 0. The van der Waals surface area contributed by atoms with Gasteiger partial charge in [0.1, 0.15) is 5.69 Å². The van der Waals surface area contributed by atoms with Gasteiger partial charge in [-0.1, -0.05) is 42.8 Å². The van der Waals surface area contributed by atoms with Crippen LogP contribution in [0.4, 0.5) is 0 Å². The number of aromatic carboxylic acids is 1. The Morgan fingerprint density at radius 3 is 2.74 bits per heavy atom. The molecule has 0 fully saturated rings. The fourth-order valence-corrected chi connectivity index (χ4v) is 2.01. The summed E-state index contributed by atoms with van der Waals surface area (Å²) in [7, 11) is 0. The van der Waals surface area contributed by atoms with E-state index in [9.17, 15) is 9.90 Å². The lowest BCUT2D eigenvalue weighted by Gasteiger charge is -2.09. The van der Waals surface area contributed by atoms with Crippen LogP contribution in [0.2, 0.25) is 0 Å². The van der Waals surface area contributed by atoms with Crippen molar-refractivity contribution in [2.24, 2.45) is 5.92 Å². The molecule has 0 bridgehead atoms. The van der Waals surface area contributed by atoms with Gasteiger partial charge in [-0.2, -0.15) is 0 Å². The Kier molecular flexibility index (Phi) is 3.64. The molecule has 5 heteroatoms. The maximum Gasteiger partial charge on any atom is 0.358 e. The van der Waals surface area contributed by atoms with Crippen LogP contribution < -0.4 is 0 Å². The summed E-state index contributed by atoms with van der Waals surface area (Å²) in [6.45, 7) is 6.73. The average Bonchev–Trinajstić information content (AvgIpc) is 2.71. The van der Waals surface area contributed by atoms with E-state index in [2.05, 4.69) is 24.2 Å². The molecule has 0 amide bonds. The Balaban J connectivity index is 2.57. The standard InChI is InChI=1S/C14H17N3O2/c1-9(2)8-17-13(12(14(18)19)15-16-17)11-6-4-5-10(3)7-11/h4-7,9H,8H2,1-3H3,(H,18,19). The second-order valence-corrected chi connectivity index (χ2v) is 5.04. The maximum atomic E-state index is 11.3. The highest BCUT2D eigenvalue weighted by molar-refractivity contribution is 5.92. The summed E-state index contributed by atoms with van der Waals surface area (Å²) in [4.78, 5) is 11.3. The second kappa shape index (κ2) is 5.22. The van der Waals surface area contributed by atoms with Crippen molar-refractivity contribution in [2.45, 2.75) is 27.3 Å². The van der Waals surface area contributed by atoms with Gasteiger partial charge in [-0.25, -0.2) is 9.48 Å². The molecule has 0 atom stereocenters.